The lowest BCUT2D eigenvalue weighted by Gasteiger charge is -2.31. The SMILES string of the molecule is CC1(C)CCCC1C(=O)N1CCCN(CCBr)CC1. The molecule has 4 heteroatoms. The topological polar surface area (TPSA) is 23.6 Å². The minimum atomic E-state index is 0.207. The number of hydrogen-bond acceptors (Lipinski definition) is 2. The first-order valence-corrected chi connectivity index (χ1v) is 8.74. The summed E-state index contributed by atoms with van der Waals surface area (Å²) in [5, 5.41) is 1.02. The molecule has 0 radical (unpaired) electrons. The average Bonchev–Trinajstić information content (AvgIpc) is 2.59. The first kappa shape index (κ1) is 15.3. The van der Waals surface area contributed by atoms with Crippen molar-refractivity contribution >= 4 is 21.8 Å². The first-order chi connectivity index (χ1) is 9.04. The van der Waals surface area contributed by atoms with Gasteiger partial charge < -0.3 is 9.80 Å². The number of rotatable bonds is 3. The third-order valence-electron chi connectivity index (χ3n) is 4.86. The third-order valence-corrected chi connectivity index (χ3v) is 5.21. The Bertz CT molecular complexity index is 319. The monoisotopic (exact) mass is 330 g/mol. The molecule has 2 rings (SSSR count). The molecule has 1 heterocycles. The van der Waals surface area contributed by atoms with Crippen molar-refractivity contribution in [3.05, 3.63) is 0 Å². The largest absolute Gasteiger partial charge is 0.341 e. The highest BCUT2D eigenvalue weighted by atomic mass is 79.9. The zero-order chi connectivity index (χ0) is 13.9. The zero-order valence-electron chi connectivity index (χ0n) is 12.3. The third kappa shape index (κ3) is 3.72. The Balaban J connectivity index is 1.93. The first-order valence-electron chi connectivity index (χ1n) is 7.62. The Morgan fingerprint density at radius 3 is 2.63 bits per heavy atom. The maximum Gasteiger partial charge on any atom is 0.226 e. The fraction of sp³-hybridized carbons (Fsp3) is 0.933. The average molecular weight is 331 g/mol. The summed E-state index contributed by atoms with van der Waals surface area (Å²) in [6.07, 6.45) is 4.62. The second-order valence-electron chi connectivity index (χ2n) is 6.64. The van der Waals surface area contributed by atoms with Crippen LogP contribution < -0.4 is 0 Å². The predicted octanol–water partition coefficient (Wildman–Crippen LogP) is 2.74. The highest BCUT2D eigenvalue weighted by molar-refractivity contribution is 9.09. The molecule has 1 saturated carbocycles. The van der Waals surface area contributed by atoms with E-state index in [1.54, 1.807) is 0 Å². The van der Waals surface area contributed by atoms with Gasteiger partial charge in [0.05, 0.1) is 0 Å². The van der Waals surface area contributed by atoms with E-state index in [4.69, 9.17) is 0 Å². The number of nitrogens with zero attached hydrogens (tertiary/aromatic N) is 2. The molecule has 1 amide bonds. The molecule has 0 aromatic rings. The number of carbonyl (C=O) groups is 1. The van der Waals surface area contributed by atoms with E-state index in [9.17, 15) is 4.79 Å². The predicted molar refractivity (Wildman–Crippen MR) is 82.6 cm³/mol. The van der Waals surface area contributed by atoms with Crippen LogP contribution in [-0.2, 0) is 4.79 Å². The van der Waals surface area contributed by atoms with Gasteiger partial charge in [0.1, 0.15) is 0 Å². The van der Waals surface area contributed by atoms with Crippen LogP contribution in [0.3, 0.4) is 0 Å². The maximum atomic E-state index is 12.7. The smallest absolute Gasteiger partial charge is 0.226 e. The molecule has 0 aromatic heterocycles. The molecular weight excluding hydrogens is 304 g/mol. The Labute approximate surface area is 125 Å². The van der Waals surface area contributed by atoms with Crippen molar-refractivity contribution < 1.29 is 4.79 Å². The van der Waals surface area contributed by atoms with Gasteiger partial charge >= 0.3 is 0 Å². The molecule has 2 fully saturated rings. The van der Waals surface area contributed by atoms with E-state index >= 15 is 0 Å². The van der Waals surface area contributed by atoms with Crippen molar-refractivity contribution in [2.24, 2.45) is 11.3 Å². The zero-order valence-corrected chi connectivity index (χ0v) is 13.9. The summed E-state index contributed by atoms with van der Waals surface area (Å²) in [6, 6.07) is 0. The van der Waals surface area contributed by atoms with Crippen LogP contribution in [0.4, 0.5) is 0 Å². The van der Waals surface area contributed by atoms with Crippen molar-refractivity contribution in [1.29, 1.82) is 0 Å². The summed E-state index contributed by atoms with van der Waals surface area (Å²) in [5.74, 6) is 0.679. The Hall–Kier alpha value is -0.0900. The van der Waals surface area contributed by atoms with Gasteiger partial charge in [-0.1, -0.05) is 36.2 Å². The molecular formula is C15H27BrN2O. The number of hydrogen-bond donors (Lipinski definition) is 0. The summed E-state index contributed by atoms with van der Waals surface area (Å²) in [4.78, 5) is 17.3. The molecule has 1 aliphatic heterocycles. The van der Waals surface area contributed by atoms with Crippen molar-refractivity contribution in [2.75, 3.05) is 38.1 Å². The van der Waals surface area contributed by atoms with E-state index in [1.165, 1.54) is 12.8 Å². The summed E-state index contributed by atoms with van der Waals surface area (Å²) in [5.41, 5.74) is 0.207. The summed E-state index contributed by atoms with van der Waals surface area (Å²) in [6.45, 7) is 9.64. The lowest BCUT2D eigenvalue weighted by atomic mass is 9.81. The van der Waals surface area contributed by atoms with E-state index in [-0.39, 0.29) is 11.3 Å². The van der Waals surface area contributed by atoms with Crippen LogP contribution in [0.2, 0.25) is 0 Å². The number of carbonyl (C=O) groups excluding carboxylic acids is 1. The quantitative estimate of drug-likeness (QED) is 0.743. The molecule has 1 aliphatic carbocycles. The molecule has 0 spiro atoms. The normalized spacial score (nSPS) is 28.4. The molecule has 2 aliphatic rings. The molecule has 0 aromatic carbocycles. The maximum absolute atomic E-state index is 12.7. The van der Waals surface area contributed by atoms with Crippen LogP contribution in [0, 0.1) is 11.3 Å². The van der Waals surface area contributed by atoms with Crippen LogP contribution in [0.15, 0.2) is 0 Å². The van der Waals surface area contributed by atoms with Gasteiger partial charge in [-0.25, -0.2) is 0 Å². The van der Waals surface area contributed by atoms with E-state index < -0.39 is 0 Å². The van der Waals surface area contributed by atoms with Gasteiger partial charge in [0, 0.05) is 37.4 Å². The summed E-state index contributed by atoms with van der Waals surface area (Å²) >= 11 is 3.50. The lowest BCUT2D eigenvalue weighted by molar-refractivity contribution is -0.138. The minimum absolute atomic E-state index is 0.207. The number of amides is 1. The van der Waals surface area contributed by atoms with Crippen molar-refractivity contribution in [2.45, 2.75) is 39.5 Å². The van der Waals surface area contributed by atoms with E-state index in [2.05, 4.69) is 39.6 Å². The molecule has 19 heavy (non-hydrogen) atoms. The van der Waals surface area contributed by atoms with Crippen molar-refractivity contribution in [1.82, 2.24) is 9.80 Å². The van der Waals surface area contributed by atoms with Crippen LogP contribution in [0.1, 0.15) is 39.5 Å². The Morgan fingerprint density at radius 1 is 1.21 bits per heavy atom. The van der Waals surface area contributed by atoms with Gasteiger partial charge in [-0.3, -0.25) is 4.79 Å². The summed E-state index contributed by atoms with van der Waals surface area (Å²) in [7, 11) is 0. The van der Waals surface area contributed by atoms with Gasteiger partial charge in [0.25, 0.3) is 0 Å². The van der Waals surface area contributed by atoms with Gasteiger partial charge in [0.15, 0.2) is 0 Å². The van der Waals surface area contributed by atoms with Crippen LogP contribution in [0.25, 0.3) is 0 Å². The van der Waals surface area contributed by atoms with Crippen LogP contribution in [-0.4, -0.2) is 53.8 Å². The highest BCUT2D eigenvalue weighted by Crippen LogP contribution is 2.43. The molecule has 1 unspecified atom stereocenters. The van der Waals surface area contributed by atoms with Gasteiger partial charge in [-0.2, -0.15) is 0 Å². The van der Waals surface area contributed by atoms with Crippen molar-refractivity contribution in [3.8, 4) is 0 Å². The molecule has 0 bridgehead atoms. The number of alkyl halides is 1. The van der Waals surface area contributed by atoms with Crippen LogP contribution in [0.5, 0.6) is 0 Å². The second kappa shape index (κ2) is 6.57. The molecule has 1 atom stereocenters. The van der Waals surface area contributed by atoms with E-state index in [1.807, 2.05) is 0 Å². The lowest BCUT2D eigenvalue weighted by Crippen LogP contribution is -2.42. The fourth-order valence-electron chi connectivity index (χ4n) is 3.54. The Morgan fingerprint density at radius 2 is 2.00 bits per heavy atom. The van der Waals surface area contributed by atoms with Gasteiger partial charge in [0.2, 0.25) is 5.91 Å². The highest BCUT2D eigenvalue weighted by Gasteiger charge is 2.41. The second-order valence-corrected chi connectivity index (χ2v) is 7.44. The van der Waals surface area contributed by atoms with Gasteiger partial charge in [-0.15, -0.1) is 0 Å². The molecule has 3 nitrogen and oxygen atoms in total. The minimum Gasteiger partial charge on any atom is -0.341 e. The molecule has 110 valence electrons. The Kier molecular flexibility index (Phi) is 5.29. The number of halogens is 1. The van der Waals surface area contributed by atoms with Gasteiger partial charge in [-0.05, 0) is 31.2 Å². The standard InChI is InChI=1S/C15H27BrN2O/c1-15(2)6-3-5-13(15)14(19)18-9-4-8-17(10-7-16)11-12-18/h13H,3-12H2,1-2H3. The van der Waals surface area contributed by atoms with Crippen molar-refractivity contribution in [3.63, 3.8) is 0 Å². The summed E-state index contributed by atoms with van der Waals surface area (Å²) < 4.78 is 0. The fourth-order valence-corrected chi connectivity index (χ4v) is 4.04. The van der Waals surface area contributed by atoms with E-state index in [0.717, 1.165) is 50.9 Å². The van der Waals surface area contributed by atoms with Crippen LogP contribution >= 0.6 is 15.9 Å². The molecule has 1 saturated heterocycles. The van der Waals surface area contributed by atoms with E-state index in [0.29, 0.717) is 5.91 Å². The molecule has 0 N–H and O–H groups in total.